The highest BCUT2D eigenvalue weighted by Gasteiger charge is 2.45. The molecule has 6 heterocycles. The molecule has 0 bridgehead atoms. The lowest BCUT2D eigenvalue weighted by Gasteiger charge is -2.46. The third-order valence-electron chi connectivity index (χ3n) is 11.0. The Labute approximate surface area is 342 Å². The zero-order valence-corrected chi connectivity index (χ0v) is 34.1. The lowest BCUT2D eigenvalue weighted by molar-refractivity contribution is -0.167. The molecule has 0 saturated carbocycles. The number of ether oxygens (including phenoxy) is 3. The molecule has 1 amide bonds. The van der Waals surface area contributed by atoms with Gasteiger partial charge in [-0.05, 0) is 70.0 Å². The number of hydrogen-bond donors (Lipinski definition) is 1. The molecule has 0 aliphatic carbocycles. The molecule has 2 aromatic carbocycles. The Morgan fingerprint density at radius 1 is 0.776 bits per heavy atom. The molecule has 0 radical (unpaired) electrons. The molecule has 4 aliphatic heterocycles. The minimum Gasteiger partial charge on any atom is -0.463 e. The van der Waals surface area contributed by atoms with Gasteiger partial charge in [0, 0.05) is 39.3 Å². The van der Waals surface area contributed by atoms with Crippen molar-refractivity contribution in [3.63, 3.8) is 0 Å². The van der Waals surface area contributed by atoms with Crippen molar-refractivity contribution in [2.75, 3.05) is 52.5 Å². The third-order valence-corrected chi connectivity index (χ3v) is 11.0. The van der Waals surface area contributed by atoms with Gasteiger partial charge in [0.2, 0.25) is 0 Å². The second-order valence-electron chi connectivity index (χ2n) is 15.9. The van der Waals surface area contributed by atoms with E-state index in [-0.39, 0.29) is 72.8 Å². The van der Waals surface area contributed by atoms with E-state index in [1.54, 1.807) is 54.2 Å². The Morgan fingerprint density at radius 2 is 1.26 bits per heavy atom. The van der Waals surface area contributed by atoms with Crippen LogP contribution in [0.3, 0.4) is 0 Å². The summed E-state index contributed by atoms with van der Waals surface area (Å²) in [5.41, 5.74) is 2.82. The number of imidazole rings is 2. The zero-order chi connectivity index (χ0) is 40.4. The summed E-state index contributed by atoms with van der Waals surface area (Å²) in [5, 5.41) is 3.34. The van der Waals surface area contributed by atoms with Crippen LogP contribution in [-0.4, -0.2) is 122 Å². The number of fused-ring (bicyclic) bond motifs is 2. The van der Waals surface area contributed by atoms with E-state index in [0.717, 1.165) is 36.5 Å². The number of nitrogens with zero attached hydrogens (tertiary/aromatic N) is 7. The van der Waals surface area contributed by atoms with Gasteiger partial charge in [0.05, 0.1) is 60.6 Å². The smallest absolute Gasteiger partial charge is 0.410 e. The number of aromatic nitrogens is 4. The van der Waals surface area contributed by atoms with Crippen molar-refractivity contribution in [2.24, 2.45) is 0 Å². The maximum Gasteiger partial charge on any atom is 0.410 e. The molecule has 8 rings (SSSR count). The van der Waals surface area contributed by atoms with Crippen molar-refractivity contribution < 1.29 is 37.4 Å². The van der Waals surface area contributed by atoms with Crippen LogP contribution in [0.15, 0.2) is 73.6 Å². The number of amides is 1. The molecule has 4 fully saturated rings. The molecule has 58 heavy (non-hydrogen) atoms. The number of rotatable bonds is 6. The summed E-state index contributed by atoms with van der Waals surface area (Å²) in [7, 11) is 0. The molecule has 2 aromatic heterocycles. The fourth-order valence-corrected chi connectivity index (χ4v) is 7.99. The summed E-state index contributed by atoms with van der Waals surface area (Å²) in [6, 6.07) is 11.5. The number of esters is 2. The van der Waals surface area contributed by atoms with Gasteiger partial charge in [-0.3, -0.25) is 9.80 Å². The standard InChI is InChI=1S/C23H29FN4O4.C18H21FN4O2.ClH/c1-15(16-5-7-17(24)8-6-16)28-14-25-11-19(28)20-21(29)31-13-18-12-26(9-10-27(18)20)22(30)32-23(2,3)4;1-12(13-2-4-14(19)5-3-13)23-11-21-9-16(23)17-18(24)25-10-15-8-20-6-7-22(15)17;/h5-8,11,14-15,18,20H,9-10,12-13H2,1-4H3;2-5,9,11-12,15,17,20H,6-8,10H2,1H3;1H/t15-,18?,20?;12-,15?,17?;/m11./s1. The molecular weight excluding hydrogens is 774 g/mol. The van der Waals surface area contributed by atoms with Gasteiger partial charge >= 0.3 is 18.0 Å². The minimum atomic E-state index is -0.625. The summed E-state index contributed by atoms with van der Waals surface area (Å²) >= 11 is 0. The minimum absolute atomic E-state index is 0. The van der Waals surface area contributed by atoms with Crippen LogP contribution in [-0.2, 0) is 23.8 Å². The maximum absolute atomic E-state index is 13.4. The summed E-state index contributed by atoms with van der Waals surface area (Å²) in [4.78, 5) is 52.4. The molecule has 4 aromatic rings. The fraction of sp³-hybridized carbons (Fsp3) is 0.488. The van der Waals surface area contributed by atoms with E-state index < -0.39 is 17.7 Å². The number of nitrogens with one attached hydrogen (secondary N) is 1. The average molecular weight is 825 g/mol. The summed E-state index contributed by atoms with van der Waals surface area (Å²) < 4.78 is 46.9. The Balaban J connectivity index is 0.000000198. The van der Waals surface area contributed by atoms with Crippen molar-refractivity contribution in [3.8, 4) is 0 Å². The summed E-state index contributed by atoms with van der Waals surface area (Å²) in [6.45, 7) is 14.0. The normalized spacial score (nSPS) is 23.5. The second kappa shape index (κ2) is 17.9. The van der Waals surface area contributed by atoms with Crippen molar-refractivity contribution >= 4 is 30.4 Å². The van der Waals surface area contributed by atoms with E-state index in [2.05, 4.69) is 25.1 Å². The van der Waals surface area contributed by atoms with Crippen LogP contribution in [0.1, 0.15) is 81.3 Å². The van der Waals surface area contributed by atoms with Crippen LogP contribution in [0.2, 0.25) is 0 Å². The van der Waals surface area contributed by atoms with Gasteiger partial charge in [-0.2, -0.15) is 0 Å². The molecule has 0 spiro atoms. The SMILES string of the molecule is C[C@H](c1ccc(F)cc1)n1cncc1C1C(=O)OCC2CN(C(=O)OC(C)(C)C)CCN21.C[C@H](c1ccc(F)cc1)n1cncc1C1C(=O)OCC2CNCCN21.Cl. The quantitative estimate of drug-likeness (QED) is 0.206. The molecule has 1 N–H and O–H groups in total. The van der Waals surface area contributed by atoms with Gasteiger partial charge < -0.3 is 33.6 Å². The van der Waals surface area contributed by atoms with E-state index in [1.807, 2.05) is 43.8 Å². The number of hydrogen-bond acceptors (Lipinski definition) is 11. The van der Waals surface area contributed by atoms with E-state index in [9.17, 15) is 23.2 Å². The first-order valence-electron chi connectivity index (χ1n) is 19.4. The number of cyclic esters (lactones) is 2. The highest BCUT2D eigenvalue weighted by Crippen LogP contribution is 2.34. The number of carbonyl (C=O) groups excluding carboxylic acids is 3. The average Bonchev–Trinajstić information content (AvgIpc) is 3.88. The van der Waals surface area contributed by atoms with E-state index in [1.165, 1.54) is 24.3 Å². The Morgan fingerprint density at radius 3 is 1.76 bits per heavy atom. The van der Waals surface area contributed by atoms with Gasteiger partial charge in [0.1, 0.15) is 30.4 Å². The van der Waals surface area contributed by atoms with Gasteiger partial charge in [-0.15, -0.1) is 12.4 Å². The maximum atomic E-state index is 13.4. The number of benzene rings is 2. The van der Waals surface area contributed by atoms with Crippen LogP contribution < -0.4 is 5.32 Å². The van der Waals surface area contributed by atoms with Gasteiger partial charge in [-0.25, -0.2) is 33.1 Å². The largest absolute Gasteiger partial charge is 0.463 e. The van der Waals surface area contributed by atoms with Gasteiger partial charge in [0.15, 0.2) is 12.1 Å². The topological polar surface area (TPSA) is 136 Å². The predicted octanol–water partition coefficient (Wildman–Crippen LogP) is 5.08. The number of carbonyl (C=O) groups is 3. The molecule has 17 heteroatoms. The monoisotopic (exact) mass is 824 g/mol. The Hall–Kier alpha value is -4.90. The molecule has 6 atom stereocenters. The lowest BCUT2D eigenvalue weighted by atomic mass is 10.0. The van der Waals surface area contributed by atoms with Crippen LogP contribution in [0.25, 0.3) is 0 Å². The Bertz CT molecular complexity index is 2040. The Kier molecular flexibility index (Phi) is 13.2. The van der Waals surface area contributed by atoms with Crippen LogP contribution in [0.5, 0.6) is 0 Å². The van der Waals surface area contributed by atoms with E-state index in [0.29, 0.717) is 31.9 Å². The third kappa shape index (κ3) is 9.20. The van der Waals surface area contributed by atoms with Gasteiger partial charge in [-0.1, -0.05) is 24.3 Å². The molecule has 4 unspecified atom stereocenters. The highest BCUT2D eigenvalue weighted by molar-refractivity contribution is 5.85. The number of morpholine rings is 2. The second-order valence-corrected chi connectivity index (χ2v) is 15.9. The molecule has 14 nitrogen and oxygen atoms in total. The summed E-state index contributed by atoms with van der Waals surface area (Å²) in [6.07, 6.45) is 6.45. The van der Waals surface area contributed by atoms with Gasteiger partial charge in [0.25, 0.3) is 0 Å². The molecular formula is C41H51ClF2N8O6. The van der Waals surface area contributed by atoms with Crippen LogP contribution in [0.4, 0.5) is 13.6 Å². The fourth-order valence-electron chi connectivity index (χ4n) is 7.99. The first kappa shape index (κ1) is 42.7. The first-order valence-corrected chi connectivity index (χ1v) is 19.4. The number of halogens is 3. The summed E-state index contributed by atoms with van der Waals surface area (Å²) in [5.74, 6) is -1.12. The van der Waals surface area contributed by atoms with Crippen molar-refractivity contribution in [3.05, 3.63) is 108 Å². The zero-order valence-electron chi connectivity index (χ0n) is 33.3. The van der Waals surface area contributed by atoms with Crippen molar-refractivity contribution in [1.82, 2.24) is 39.1 Å². The van der Waals surface area contributed by atoms with Crippen LogP contribution in [0, 0.1) is 11.6 Å². The van der Waals surface area contributed by atoms with Crippen LogP contribution >= 0.6 is 12.4 Å². The highest BCUT2D eigenvalue weighted by atomic mass is 35.5. The molecule has 312 valence electrons. The van der Waals surface area contributed by atoms with Crippen molar-refractivity contribution in [1.29, 1.82) is 0 Å². The van der Waals surface area contributed by atoms with Crippen molar-refractivity contribution in [2.45, 2.75) is 76.5 Å². The van der Waals surface area contributed by atoms with E-state index >= 15 is 0 Å². The lowest BCUT2D eigenvalue weighted by Crippen LogP contribution is -2.61. The van der Waals surface area contributed by atoms with E-state index in [4.69, 9.17) is 14.2 Å². The first-order chi connectivity index (χ1) is 27.3. The molecule has 4 saturated heterocycles. The molecule has 4 aliphatic rings. The number of piperazine rings is 2. The predicted molar refractivity (Wildman–Crippen MR) is 211 cm³/mol.